The van der Waals surface area contributed by atoms with E-state index in [1.165, 1.54) is 6.07 Å². The molecule has 1 nitrogen and oxygen atoms in total. The summed E-state index contributed by atoms with van der Waals surface area (Å²) >= 11 is 3.96. The van der Waals surface area contributed by atoms with Crippen molar-refractivity contribution in [2.45, 2.75) is 18.4 Å². The Hall–Kier alpha value is -0.770. The Balaban J connectivity index is 2.90. The molecule has 12 heavy (non-hydrogen) atoms. The molecule has 0 N–H and O–H groups in total. The van der Waals surface area contributed by atoms with E-state index in [4.69, 9.17) is 0 Å². The van der Waals surface area contributed by atoms with Gasteiger partial charge in [-0.25, -0.2) is 0 Å². The molecule has 0 radical (unpaired) electrons. The summed E-state index contributed by atoms with van der Waals surface area (Å²) < 4.78 is 27.8. The first-order chi connectivity index (χ1) is 5.59. The van der Waals surface area contributed by atoms with Crippen molar-refractivity contribution >= 4 is 12.6 Å². The van der Waals surface area contributed by atoms with Crippen LogP contribution in [0.3, 0.4) is 0 Å². The van der Waals surface area contributed by atoms with E-state index >= 15 is 0 Å². The minimum Gasteiger partial charge on any atom is -0.434 e. The number of benzene rings is 1. The molecule has 0 saturated carbocycles. The smallest absolute Gasteiger partial charge is 0.387 e. The molecule has 0 aromatic heterocycles. The lowest BCUT2D eigenvalue weighted by atomic mass is 10.2. The third-order valence-corrected chi connectivity index (χ3v) is 1.70. The van der Waals surface area contributed by atoms with E-state index < -0.39 is 6.61 Å². The maximum atomic E-state index is 11.8. The first-order valence-corrected chi connectivity index (χ1v) is 3.79. The third kappa shape index (κ3) is 2.37. The molecule has 0 bridgehead atoms. The summed E-state index contributed by atoms with van der Waals surface area (Å²) in [4.78, 5) is 0.418. The molecule has 0 saturated heterocycles. The monoisotopic (exact) mass is 190 g/mol. The molecular weight excluding hydrogens is 182 g/mol. The van der Waals surface area contributed by atoms with E-state index in [0.29, 0.717) is 4.90 Å². The van der Waals surface area contributed by atoms with Gasteiger partial charge in [-0.05, 0) is 24.6 Å². The van der Waals surface area contributed by atoms with E-state index in [0.717, 1.165) is 5.56 Å². The van der Waals surface area contributed by atoms with E-state index in [-0.39, 0.29) is 5.75 Å². The second-order valence-corrected chi connectivity index (χ2v) is 2.83. The Morgan fingerprint density at radius 1 is 1.42 bits per heavy atom. The minimum atomic E-state index is -2.79. The van der Waals surface area contributed by atoms with Crippen molar-refractivity contribution in [3.05, 3.63) is 23.8 Å². The Labute approximate surface area is 74.8 Å². The van der Waals surface area contributed by atoms with Gasteiger partial charge in [0, 0.05) is 4.90 Å². The summed E-state index contributed by atoms with van der Waals surface area (Å²) in [5.74, 6) is 0.119. The van der Waals surface area contributed by atoms with Crippen LogP contribution >= 0.6 is 12.6 Å². The zero-order valence-electron chi connectivity index (χ0n) is 6.42. The highest BCUT2D eigenvalue weighted by Gasteiger charge is 2.06. The summed E-state index contributed by atoms with van der Waals surface area (Å²) in [6.07, 6.45) is 0. The van der Waals surface area contributed by atoms with Crippen LogP contribution in [0.15, 0.2) is 23.1 Å². The van der Waals surface area contributed by atoms with Crippen LogP contribution in [-0.2, 0) is 0 Å². The number of hydrogen-bond acceptors (Lipinski definition) is 2. The maximum Gasteiger partial charge on any atom is 0.387 e. The third-order valence-electron chi connectivity index (χ3n) is 1.33. The van der Waals surface area contributed by atoms with Crippen molar-refractivity contribution in [3.63, 3.8) is 0 Å². The number of rotatable bonds is 2. The fourth-order valence-electron chi connectivity index (χ4n) is 0.812. The number of ether oxygens (including phenoxy) is 1. The molecular formula is C8H8F2OS. The van der Waals surface area contributed by atoms with E-state index in [1.807, 2.05) is 0 Å². The SMILES string of the molecule is Cc1ccc(S)c(OC(F)F)c1. The normalized spacial score (nSPS) is 10.4. The van der Waals surface area contributed by atoms with Crippen LogP contribution in [0.2, 0.25) is 0 Å². The zero-order chi connectivity index (χ0) is 9.14. The summed E-state index contributed by atoms with van der Waals surface area (Å²) in [5, 5.41) is 0. The molecule has 0 aliphatic carbocycles. The lowest BCUT2D eigenvalue weighted by Crippen LogP contribution is -2.02. The van der Waals surface area contributed by atoms with Crippen molar-refractivity contribution in [2.75, 3.05) is 0 Å². The predicted octanol–water partition coefficient (Wildman–Crippen LogP) is 2.89. The average molecular weight is 190 g/mol. The first kappa shape index (κ1) is 9.32. The molecule has 0 aliphatic rings. The topological polar surface area (TPSA) is 9.23 Å². The number of aryl methyl sites for hydroxylation is 1. The average Bonchev–Trinajstić information content (AvgIpc) is 1.96. The number of hydrogen-bond donors (Lipinski definition) is 1. The van der Waals surface area contributed by atoms with Crippen LogP contribution in [0, 0.1) is 6.92 Å². The van der Waals surface area contributed by atoms with Crippen LogP contribution < -0.4 is 4.74 Å². The number of alkyl halides is 2. The second-order valence-electron chi connectivity index (χ2n) is 2.35. The molecule has 66 valence electrons. The number of thiol groups is 1. The first-order valence-electron chi connectivity index (χ1n) is 3.34. The molecule has 0 amide bonds. The Morgan fingerprint density at radius 3 is 2.67 bits per heavy atom. The van der Waals surface area contributed by atoms with Gasteiger partial charge in [0.15, 0.2) is 0 Å². The Morgan fingerprint density at radius 2 is 2.08 bits per heavy atom. The molecule has 0 unspecified atom stereocenters. The lowest BCUT2D eigenvalue weighted by Gasteiger charge is -2.07. The zero-order valence-corrected chi connectivity index (χ0v) is 7.32. The fraction of sp³-hybridized carbons (Fsp3) is 0.250. The summed E-state index contributed by atoms with van der Waals surface area (Å²) in [6, 6.07) is 4.92. The Bertz CT molecular complexity index is 276. The van der Waals surface area contributed by atoms with Crippen molar-refractivity contribution in [1.82, 2.24) is 0 Å². The summed E-state index contributed by atoms with van der Waals surface area (Å²) in [7, 11) is 0. The van der Waals surface area contributed by atoms with Crippen molar-refractivity contribution in [1.29, 1.82) is 0 Å². The minimum absolute atomic E-state index is 0.119. The van der Waals surface area contributed by atoms with Crippen LogP contribution in [0.4, 0.5) is 8.78 Å². The van der Waals surface area contributed by atoms with E-state index in [2.05, 4.69) is 17.4 Å². The molecule has 4 heteroatoms. The van der Waals surface area contributed by atoms with Crippen LogP contribution in [-0.4, -0.2) is 6.61 Å². The molecule has 0 atom stereocenters. The van der Waals surface area contributed by atoms with Crippen LogP contribution in [0.5, 0.6) is 5.75 Å². The van der Waals surface area contributed by atoms with Gasteiger partial charge in [0.1, 0.15) is 5.75 Å². The van der Waals surface area contributed by atoms with Crippen molar-refractivity contribution in [3.8, 4) is 5.75 Å². The van der Waals surface area contributed by atoms with E-state index in [9.17, 15) is 8.78 Å². The molecule has 0 aliphatic heterocycles. The molecule has 0 fully saturated rings. The standard InChI is InChI=1S/C8H8F2OS/c1-5-2-3-7(12)6(4-5)11-8(9)10/h2-4,8,12H,1H3. The van der Waals surface area contributed by atoms with Gasteiger partial charge in [0.2, 0.25) is 0 Å². The number of halogens is 2. The molecule has 0 heterocycles. The van der Waals surface area contributed by atoms with Gasteiger partial charge >= 0.3 is 6.61 Å². The molecule has 1 rings (SSSR count). The maximum absolute atomic E-state index is 11.8. The largest absolute Gasteiger partial charge is 0.434 e. The van der Waals surface area contributed by atoms with Crippen LogP contribution in [0.25, 0.3) is 0 Å². The van der Waals surface area contributed by atoms with Gasteiger partial charge in [0.05, 0.1) is 0 Å². The van der Waals surface area contributed by atoms with Crippen molar-refractivity contribution < 1.29 is 13.5 Å². The highest BCUT2D eigenvalue weighted by Crippen LogP contribution is 2.24. The van der Waals surface area contributed by atoms with Gasteiger partial charge in [-0.15, -0.1) is 12.6 Å². The quantitative estimate of drug-likeness (QED) is 0.705. The second kappa shape index (κ2) is 3.76. The summed E-state index contributed by atoms with van der Waals surface area (Å²) in [5.41, 5.74) is 0.864. The molecule has 1 aromatic rings. The highest BCUT2D eigenvalue weighted by molar-refractivity contribution is 7.80. The van der Waals surface area contributed by atoms with E-state index in [1.54, 1.807) is 19.1 Å². The summed E-state index contributed by atoms with van der Waals surface area (Å²) in [6.45, 7) is -0.997. The lowest BCUT2D eigenvalue weighted by molar-refractivity contribution is -0.0516. The van der Waals surface area contributed by atoms with Crippen LogP contribution in [0.1, 0.15) is 5.56 Å². The van der Waals surface area contributed by atoms with Gasteiger partial charge in [-0.3, -0.25) is 0 Å². The highest BCUT2D eigenvalue weighted by atomic mass is 32.1. The predicted molar refractivity (Wildman–Crippen MR) is 45.1 cm³/mol. The van der Waals surface area contributed by atoms with Gasteiger partial charge in [-0.1, -0.05) is 6.07 Å². The van der Waals surface area contributed by atoms with Gasteiger partial charge in [-0.2, -0.15) is 8.78 Å². The molecule has 0 spiro atoms. The van der Waals surface area contributed by atoms with Gasteiger partial charge in [0.25, 0.3) is 0 Å². The van der Waals surface area contributed by atoms with Crippen molar-refractivity contribution in [2.24, 2.45) is 0 Å². The van der Waals surface area contributed by atoms with Gasteiger partial charge < -0.3 is 4.74 Å². The molecule has 1 aromatic carbocycles. The fourth-order valence-corrected chi connectivity index (χ4v) is 1.00. The Kier molecular flexibility index (Phi) is 2.92.